The van der Waals surface area contributed by atoms with Crippen molar-refractivity contribution >= 4 is 29.4 Å². The third kappa shape index (κ3) is 4.65. The fourth-order valence-electron chi connectivity index (χ4n) is 2.20. The Hall–Kier alpha value is -3.23. The number of aryl methyl sites for hydroxylation is 1. The van der Waals surface area contributed by atoms with Gasteiger partial charge in [-0.15, -0.1) is 0 Å². The zero-order valence-electron chi connectivity index (χ0n) is 14.1. The highest BCUT2D eigenvalue weighted by molar-refractivity contribution is 7.99. The minimum atomic E-state index is -0.470. The molecule has 3 aromatic rings. The summed E-state index contributed by atoms with van der Waals surface area (Å²) in [5.74, 6) is -0.0118. The third-order valence-electron chi connectivity index (χ3n) is 3.52. The van der Waals surface area contributed by atoms with Crippen LogP contribution in [0, 0.1) is 18.3 Å². The lowest BCUT2D eigenvalue weighted by atomic mass is 10.2. The third-order valence-corrected chi connectivity index (χ3v) is 4.45. The number of hydrogen-bond acceptors (Lipinski definition) is 4. The van der Waals surface area contributed by atoms with Crippen molar-refractivity contribution in [2.75, 3.05) is 5.32 Å². The number of furan rings is 1. The van der Waals surface area contributed by atoms with Crippen LogP contribution >= 0.6 is 11.8 Å². The first-order valence-corrected chi connectivity index (χ1v) is 8.78. The van der Waals surface area contributed by atoms with E-state index in [1.807, 2.05) is 61.5 Å². The number of rotatable bonds is 5. The minimum Gasteiger partial charge on any atom is -0.450 e. The fraction of sp³-hybridized carbons (Fsp3) is 0.0476. The maximum Gasteiger partial charge on any atom is 0.266 e. The Kier molecular flexibility index (Phi) is 5.57. The van der Waals surface area contributed by atoms with Gasteiger partial charge in [-0.2, -0.15) is 5.26 Å². The molecule has 3 rings (SSSR count). The maximum atomic E-state index is 12.2. The van der Waals surface area contributed by atoms with Crippen LogP contribution in [0.2, 0.25) is 0 Å². The van der Waals surface area contributed by atoms with E-state index in [-0.39, 0.29) is 5.57 Å². The van der Waals surface area contributed by atoms with E-state index in [0.717, 1.165) is 4.90 Å². The number of para-hydroxylation sites is 1. The molecule has 0 spiro atoms. The molecule has 2 aromatic carbocycles. The first kappa shape index (κ1) is 17.6. The number of nitriles is 1. The molecule has 0 fully saturated rings. The van der Waals surface area contributed by atoms with Gasteiger partial charge in [0.05, 0.1) is 0 Å². The second-order valence-corrected chi connectivity index (χ2v) is 6.64. The zero-order chi connectivity index (χ0) is 18.4. The topological polar surface area (TPSA) is 66.0 Å². The molecule has 0 saturated heterocycles. The summed E-state index contributed by atoms with van der Waals surface area (Å²) < 4.78 is 5.71. The molecule has 0 aliphatic heterocycles. The number of hydrogen-bond donors (Lipinski definition) is 1. The molecule has 1 heterocycles. The molecular weight excluding hydrogens is 344 g/mol. The molecule has 1 aromatic heterocycles. The summed E-state index contributed by atoms with van der Waals surface area (Å²) in [7, 11) is 0. The van der Waals surface area contributed by atoms with E-state index in [1.54, 1.807) is 18.2 Å². The van der Waals surface area contributed by atoms with E-state index in [1.165, 1.54) is 23.4 Å². The number of amides is 1. The van der Waals surface area contributed by atoms with Crippen molar-refractivity contribution in [3.63, 3.8) is 0 Å². The van der Waals surface area contributed by atoms with Crippen molar-refractivity contribution in [3.05, 3.63) is 83.6 Å². The molecule has 0 radical (unpaired) electrons. The molecule has 1 amide bonds. The van der Waals surface area contributed by atoms with Gasteiger partial charge in [-0.25, -0.2) is 0 Å². The van der Waals surface area contributed by atoms with Crippen LogP contribution in [0.5, 0.6) is 0 Å². The van der Waals surface area contributed by atoms with Crippen LogP contribution in [-0.4, -0.2) is 5.91 Å². The van der Waals surface area contributed by atoms with Gasteiger partial charge in [-0.1, -0.05) is 47.7 Å². The molecule has 0 aliphatic rings. The van der Waals surface area contributed by atoms with Gasteiger partial charge < -0.3 is 9.73 Å². The summed E-state index contributed by atoms with van der Waals surface area (Å²) in [6, 6.07) is 22.6. The summed E-state index contributed by atoms with van der Waals surface area (Å²) in [6.45, 7) is 2.04. The van der Waals surface area contributed by atoms with Crippen LogP contribution in [0.1, 0.15) is 11.3 Å². The van der Waals surface area contributed by atoms with E-state index in [4.69, 9.17) is 4.42 Å². The van der Waals surface area contributed by atoms with Gasteiger partial charge in [0.15, 0.2) is 5.09 Å². The Balaban J connectivity index is 1.71. The monoisotopic (exact) mass is 360 g/mol. The Morgan fingerprint density at radius 3 is 2.50 bits per heavy atom. The van der Waals surface area contributed by atoms with Crippen molar-refractivity contribution in [1.82, 2.24) is 0 Å². The molecule has 5 heteroatoms. The maximum absolute atomic E-state index is 12.2. The molecule has 128 valence electrons. The summed E-state index contributed by atoms with van der Waals surface area (Å²) in [4.78, 5) is 13.3. The zero-order valence-corrected chi connectivity index (χ0v) is 14.9. The van der Waals surface area contributed by atoms with Gasteiger partial charge in [0.2, 0.25) is 0 Å². The molecule has 0 saturated carbocycles. The molecule has 0 bridgehead atoms. The summed E-state index contributed by atoms with van der Waals surface area (Å²) in [5, 5.41) is 12.7. The Morgan fingerprint density at radius 2 is 1.81 bits per heavy atom. The van der Waals surface area contributed by atoms with Gasteiger partial charge >= 0.3 is 0 Å². The van der Waals surface area contributed by atoms with Gasteiger partial charge in [0.1, 0.15) is 17.4 Å². The first-order chi connectivity index (χ1) is 12.6. The molecule has 0 atom stereocenters. The predicted molar refractivity (Wildman–Crippen MR) is 103 cm³/mol. The Morgan fingerprint density at radius 1 is 1.08 bits per heavy atom. The van der Waals surface area contributed by atoms with Crippen LogP contribution in [0.3, 0.4) is 0 Å². The van der Waals surface area contributed by atoms with Gasteiger partial charge in [0, 0.05) is 16.7 Å². The average Bonchev–Trinajstić information content (AvgIpc) is 3.09. The number of nitrogens with one attached hydrogen (secondary N) is 1. The lowest BCUT2D eigenvalue weighted by Crippen LogP contribution is -2.13. The van der Waals surface area contributed by atoms with Crippen LogP contribution in [0.4, 0.5) is 5.69 Å². The largest absolute Gasteiger partial charge is 0.450 e. The summed E-state index contributed by atoms with van der Waals surface area (Å²) in [5.41, 5.74) is 1.81. The summed E-state index contributed by atoms with van der Waals surface area (Å²) >= 11 is 1.48. The minimum absolute atomic E-state index is 0.0184. The normalized spacial score (nSPS) is 11.0. The second-order valence-electron chi connectivity index (χ2n) is 5.56. The van der Waals surface area contributed by atoms with Gasteiger partial charge in [0.25, 0.3) is 5.91 Å². The lowest BCUT2D eigenvalue weighted by Gasteiger charge is -2.03. The molecule has 0 aliphatic carbocycles. The average molecular weight is 360 g/mol. The highest BCUT2D eigenvalue weighted by atomic mass is 32.2. The number of nitrogens with zero attached hydrogens (tertiary/aromatic N) is 1. The standard InChI is InChI=1S/C21H16N2O2S/c1-15-7-10-19(11-8-15)26-20-12-9-18(25-20)13-16(14-22)21(24)23-17-5-3-2-4-6-17/h2-13H,1H3,(H,23,24)/b16-13-. The van der Waals surface area contributed by atoms with Crippen molar-refractivity contribution in [1.29, 1.82) is 5.26 Å². The van der Waals surface area contributed by atoms with E-state index >= 15 is 0 Å². The lowest BCUT2D eigenvalue weighted by molar-refractivity contribution is -0.112. The fourth-order valence-corrected chi connectivity index (χ4v) is 2.98. The summed E-state index contributed by atoms with van der Waals surface area (Å²) in [6.07, 6.45) is 1.44. The van der Waals surface area contributed by atoms with Crippen molar-refractivity contribution in [2.45, 2.75) is 16.9 Å². The van der Waals surface area contributed by atoms with E-state index < -0.39 is 5.91 Å². The van der Waals surface area contributed by atoms with E-state index in [2.05, 4.69) is 5.32 Å². The smallest absolute Gasteiger partial charge is 0.266 e. The second kappa shape index (κ2) is 8.24. The molecule has 0 unspecified atom stereocenters. The van der Waals surface area contributed by atoms with Crippen LogP contribution in [0.15, 0.2) is 86.7 Å². The van der Waals surface area contributed by atoms with Crippen molar-refractivity contribution in [3.8, 4) is 6.07 Å². The molecule has 4 nitrogen and oxygen atoms in total. The van der Waals surface area contributed by atoms with Crippen molar-refractivity contribution < 1.29 is 9.21 Å². The van der Waals surface area contributed by atoms with Gasteiger partial charge in [-0.3, -0.25) is 4.79 Å². The highest BCUT2D eigenvalue weighted by Gasteiger charge is 2.11. The number of carbonyl (C=O) groups is 1. The molecular formula is C21H16N2O2S. The number of benzene rings is 2. The first-order valence-electron chi connectivity index (χ1n) is 7.96. The van der Waals surface area contributed by atoms with E-state index in [9.17, 15) is 10.1 Å². The van der Waals surface area contributed by atoms with Crippen LogP contribution in [-0.2, 0) is 4.79 Å². The highest BCUT2D eigenvalue weighted by Crippen LogP contribution is 2.30. The Bertz CT molecular complexity index is 967. The number of carbonyl (C=O) groups excluding carboxylic acids is 1. The predicted octanol–water partition coefficient (Wildman–Crippen LogP) is 5.28. The molecule has 1 N–H and O–H groups in total. The quantitative estimate of drug-likeness (QED) is 0.496. The van der Waals surface area contributed by atoms with Crippen LogP contribution in [0.25, 0.3) is 6.08 Å². The van der Waals surface area contributed by atoms with E-state index in [0.29, 0.717) is 16.5 Å². The van der Waals surface area contributed by atoms with Crippen LogP contribution < -0.4 is 5.32 Å². The number of anilines is 1. The Labute approximate surface area is 156 Å². The van der Waals surface area contributed by atoms with Crippen molar-refractivity contribution in [2.24, 2.45) is 0 Å². The van der Waals surface area contributed by atoms with Gasteiger partial charge in [-0.05, 0) is 43.3 Å². The molecule has 26 heavy (non-hydrogen) atoms. The SMILES string of the molecule is Cc1ccc(Sc2ccc(/C=C(/C#N)C(=O)Nc3ccccc3)o2)cc1.